The van der Waals surface area contributed by atoms with Gasteiger partial charge in [0.15, 0.2) is 11.3 Å². The molecule has 0 spiro atoms. The molecule has 2 heterocycles. The van der Waals surface area contributed by atoms with Gasteiger partial charge in [0.1, 0.15) is 11.7 Å². The first-order valence-corrected chi connectivity index (χ1v) is 9.55. The molecule has 8 nitrogen and oxygen atoms in total. The first-order chi connectivity index (χ1) is 14.4. The van der Waals surface area contributed by atoms with Crippen LogP contribution in [0, 0.1) is 10.8 Å². The van der Waals surface area contributed by atoms with Crippen molar-refractivity contribution in [2.75, 3.05) is 21.3 Å². The Morgan fingerprint density at radius 3 is 1.03 bits per heavy atom. The van der Waals surface area contributed by atoms with Gasteiger partial charge in [0, 0.05) is 11.1 Å². The van der Waals surface area contributed by atoms with Gasteiger partial charge in [-0.1, -0.05) is 48.5 Å². The molecule has 0 amide bonds. The molecular formula is C22H22N8. The summed E-state index contributed by atoms with van der Waals surface area (Å²) in [5.41, 5.74) is 15.0. The lowest BCUT2D eigenvalue weighted by Gasteiger charge is -2.32. The molecule has 3 aromatic rings. The average Bonchev–Trinajstić information content (AvgIpc) is 3.34. The van der Waals surface area contributed by atoms with Crippen LogP contribution in [-0.4, -0.2) is 11.7 Å². The average molecular weight is 398 g/mol. The van der Waals surface area contributed by atoms with Crippen LogP contribution < -0.4 is 32.7 Å². The molecule has 0 saturated heterocycles. The Hall–Kier alpha value is -4.20. The minimum Gasteiger partial charge on any atom is -0.384 e. The normalized spacial score (nSPS) is 16.8. The molecule has 0 radical (unpaired) electrons. The van der Waals surface area contributed by atoms with Crippen molar-refractivity contribution in [3.63, 3.8) is 0 Å². The van der Waals surface area contributed by atoms with Crippen molar-refractivity contribution in [2.24, 2.45) is 11.5 Å². The van der Waals surface area contributed by atoms with E-state index in [-0.39, 0.29) is 11.7 Å². The fourth-order valence-corrected chi connectivity index (χ4v) is 4.11. The molecule has 10 N–H and O–H groups in total. The zero-order chi connectivity index (χ0) is 20.9. The van der Waals surface area contributed by atoms with Gasteiger partial charge < -0.3 is 32.7 Å². The first-order valence-electron chi connectivity index (χ1n) is 9.55. The molecule has 150 valence electrons. The monoisotopic (exact) mass is 398 g/mol. The number of hydrogen-bond acceptors (Lipinski definition) is 6. The maximum absolute atomic E-state index is 8.24. The fraction of sp³-hybridized carbons (Fsp3) is 0.0909. The Morgan fingerprint density at radius 1 is 0.533 bits per heavy atom. The van der Waals surface area contributed by atoms with E-state index >= 15 is 0 Å². The van der Waals surface area contributed by atoms with Crippen LogP contribution in [-0.2, 0) is 11.3 Å². The summed E-state index contributed by atoms with van der Waals surface area (Å²) < 4.78 is 0. The van der Waals surface area contributed by atoms with Crippen LogP contribution in [0.3, 0.4) is 0 Å². The number of hydrogen-bond donors (Lipinski definition) is 8. The van der Waals surface area contributed by atoms with Crippen molar-refractivity contribution in [3.8, 4) is 0 Å². The number of anilines is 4. The van der Waals surface area contributed by atoms with Gasteiger partial charge in [-0.3, -0.25) is 10.8 Å². The van der Waals surface area contributed by atoms with Gasteiger partial charge in [-0.15, -0.1) is 0 Å². The van der Waals surface area contributed by atoms with Crippen molar-refractivity contribution in [1.82, 2.24) is 0 Å². The number of rotatable bonds is 4. The van der Waals surface area contributed by atoms with E-state index in [1.807, 2.05) is 72.8 Å². The molecule has 2 aliphatic rings. The number of amidine groups is 2. The van der Waals surface area contributed by atoms with Crippen molar-refractivity contribution in [2.45, 2.75) is 11.3 Å². The van der Waals surface area contributed by atoms with Crippen LogP contribution in [0.2, 0.25) is 0 Å². The zero-order valence-corrected chi connectivity index (χ0v) is 16.1. The summed E-state index contributed by atoms with van der Waals surface area (Å²) in [6.07, 6.45) is 0. The van der Waals surface area contributed by atoms with Gasteiger partial charge in [0.25, 0.3) is 0 Å². The third kappa shape index (κ3) is 2.40. The predicted molar refractivity (Wildman–Crippen MR) is 121 cm³/mol. The van der Waals surface area contributed by atoms with Crippen LogP contribution in [0.15, 0.2) is 72.8 Å². The number of benzene rings is 3. The largest absolute Gasteiger partial charge is 0.384 e. The van der Waals surface area contributed by atoms with Crippen LogP contribution in [0.25, 0.3) is 0 Å². The third-order valence-electron chi connectivity index (χ3n) is 5.70. The van der Waals surface area contributed by atoms with Crippen molar-refractivity contribution >= 4 is 34.4 Å². The second-order valence-electron chi connectivity index (χ2n) is 7.50. The molecule has 2 aliphatic heterocycles. The van der Waals surface area contributed by atoms with E-state index in [2.05, 4.69) is 21.3 Å². The summed E-state index contributed by atoms with van der Waals surface area (Å²) in [7, 11) is 0. The Morgan fingerprint density at radius 2 is 0.800 bits per heavy atom. The molecule has 0 bridgehead atoms. The SMILES string of the molecule is N=C(N)C1(c2ccc(C3(C(=N)N)Nc4ccccc4N3)cc2)Nc2ccccc2N1. The Kier molecular flexibility index (Phi) is 3.66. The topological polar surface area (TPSA) is 148 Å². The molecule has 8 heteroatoms. The minimum atomic E-state index is -1.04. The Labute approximate surface area is 173 Å². The molecule has 0 atom stereocenters. The first kappa shape index (κ1) is 17.9. The van der Waals surface area contributed by atoms with E-state index in [0.29, 0.717) is 0 Å². The van der Waals surface area contributed by atoms with Crippen molar-refractivity contribution < 1.29 is 0 Å². The lowest BCUT2D eigenvalue weighted by atomic mass is 9.93. The van der Waals surface area contributed by atoms with Crippen LogP contribution in [0.4, 0.5) is 22.7 Å². The Balaban J connectivity index is 1.53. The Bertz CT molecular complexity index is 1030. The van der Waals surface area contributed by atoms with E-state index in [1.54, 1.807) is 0 Å². The highest BCUT2D eigenvalue weighted by molar-refractivity contribution is 6.00. The summed E-state index contributed by atoms with van der Waals surface area (Å²) in [6.45, 7) is 0. The zero-order valence-electron chi connectivity index (χ0n) is 16.1. The summed E-state index contributed by atoms with van der Waals surface area (Å²) >= 11 is 0. The summed E-state index contributed by atoms with van der Waals surface area (Å²) in [5, 5.41) is 29.8. The minimum absolute atomic E-state index is 0.0442. The van der Waals surface area contributed by atoms with Crippen LogP contribution >= 0.6 is 0 Å². The van der Waals surface area contributed by atoms with E-state index in [9.17, 15) is 0 Å². The lowest BCUT2D eigenvalue weighted by Crippen LogP contribution is -2.51. The van der Waals surface area contributed by atoms with Gasteiger partial charge in [-0.2, -0.15) is 0 Å². The number of para-hydroxylation sites is 4. The highest BCUT2D eigenvalue weighted by atomic mass is 15.3. The van der Waals surface area contributed by atoms with E-state index in [1.165, 1.54) is 0 Å². The molecule has 0 unspecified atom stereocenters. The van der Waals surface area contributed by atoms with Crippen molar-refractivity contribution in [3.05, 3.63) is 83.9 Å². The predicted octanol–water partition coefficient (Wildman–Crippen LogP) is 2.94. The summed E-state index contributed by atoms with van der Waals surface area (Å²) in [4.78, 5) is 0. The molecule has 5 rings (SSSR count). The van der Waals surface area contributed by atoms with Gasteiger partial charge in [-0.05, 0) is 24.3 Å². The fourth-order valence-electron chi connectivity index (χ4n) is 4.11. The molecule has 0 saturated carbocycles. The summed E-state index contributed by atoms with van der Waals surface area (Å²) in [5.74, 6) is -0.0884. The molecule has 3 aromatic carbocycles. The van der Waals surface area contributed by atoms with Crippen LogP contribution in [0.1, 0.15) is 11.1 Å². The van der Waals surface area contributed by atoms with E-state index < -0.39 is 11.3 Å². The van der Waals surface area contributed by atoms with E-state index in [0.717, 1.165) is 33.9 Å². The second-order valence-corrected chi connectivity index (χ2v) is 7.50. The molecule has 0 fully saturated rings. The van der Waals surface area contributed by atoms with Crippen molar-refractivity contribution in [1.29, 1.82) is 10.8 Å². The maximum Gasteiger partial charge on any atom is 0.193 e. The number of nitrogens with two attached hydrogens (primary N) is 2. The highest BCUT2D eigenvalue weighted by Crippen LogP contribution is 2.42. The van der Waals surface area contributed by atoms with Gasteiger partial charge in [-0.25, -0.2) is 0 Å². The molecule has 0 aromatic heterocycles. The van der Waals surface area contributed by atoms with Gasteiger partial charge in [0.05, 0.1) is 22.7 Å². The van der Waals surface area contributed by atoms with Gasteiger partial charge in [0.2, 0.25) is 0 Å². The lowest BCUT2D eigenvalue weighted by molar-refractivity contribution is 0.752. The molecule has 0 aliphatic carbocycles. The standard InChI is InChI=1S/C22H22N8/c23-19(24)21(27-15-5-1-2-6-16(15)28-21)13-9-11-14(12-10-13)22(20(25)26)29-17-7-3-4-8-18(17)30-22/h1-12,27-30H,(H3,23,24)(H3,25,26). The second kappa shape index (κ2) is 6.15. The van der Waals surface area contributed by atoms with Gasteiger partial charge >= 0.3 is 0 Å². The number of fused-ring (bicyclic) bond motifs is 2. The maximum atomic E-state index is 8.24. The van der Waals surface area contributed by atoms with E-state index in [4.69, 9.17) is 22.3 Å². The quantitative estimate of drug-likeness (QED) is 0.250. The molecule has 30 heavy (non-hydrogen) atoms. The summed E-state index contributed by atoms with van der Waals surface area (Å²) in [6, 6.07) is 23.0. The van der Waals surface area contributed by atoms with Crippen LogP contribution in [0.5, 0.6) is 0 Å². The smallest absolute Gasteiger partial charge is 0.193 e. The third-order valence-corrected chi connectivity index (χ3v) is 5.70. The molecular weight excluding hydrogens is 376 g/mol. The highest BCUT2D eigenvalue weighted by Gasteiger charge is 2.44. The number of nitrogens with one attached hydrogen (secondary N) is 6.